The molecule has 5 rings (SSSR count). The molecule has 3 nitrogen and oxygen atoms in total. The molecule has 0 amide bonds. The van der Waals surface area contributed by atoms with Crippen molar-refractivity contribution in [2.75, 3.05) is 0 Å². The smallest absolute Gasteiger partial charge is 0.153 e. The first-order chi connectivity index (χ1) is 15.7. The van der Waals surface area contributed by atoms with Crippen LogP contribution in [0.3, 0.4) is 0 Å². The molecule has 5 aromatic rings. The second kappa shape index (κ2) is 8.81. The van der Waals surface area contributed by atoms with Crippen molar-refractivity contribution in [1.29, 1.82) is 0 Å². The van der Waals surface area contributed by atoms with Gasteiger partial charge in [0.1, 0.15) is 0 Å². The average Bonchev–Trinajstić information content (AvgIpc) is 3.21. The van der Waals surface area contributed by atoms with Crippen molar-refractivity contribution in [2.45, 2.75) is 13.5 Å². The van der Waals surface area contributed by atoms with E-state index in [0.29, 0.717) is 5.82 Å². The number of benzene rings is 3. The average molecular weight is 436 g/mol. The van der Waals surface area contributed by atoms with E-state index in [2.05, 4.69) is 54.0 Å². The molecule has 0 saturated carbocycles. The predicted molar refractivity (Wildman–Crippen MR) is 134 cm³/mol. The van der Waals surface area contributed by atoms with E-state index in [0.717, 1.165) is 50.7 Å². The minimum atomic E-state index is 0.686. The number of halogens is 1. The minimum absolute atomic E-state index is 0.686. The van der Waals surface area contributed by atoms with E-state index >= 15 is 0 Å². The minimum Gasteiger partial charge on any atom is -0.339 e. The fourth-order valence-corrected chi connectivity index (χ4v) is 4.21. The molecule has 2 heterocycles. The number of aromatic nitrogens is 2. The molecular weight excluding hydrogens is 414 g/mol. The number of rotatable bonds is 5. The molecule has 0 aliphatic carbocycles. The van der Waals surface area contributed by atoms with E-state index in [1.54, 1.807) is 0 Å². The fourth-order valence-electron chi connectivity index (χ4n) is 4.02. The molecular formula is C28H22ClN3. The van der Waals surface area contributed by atoms with Crippen LogP contribution in [0.15, 0.2) is 108 Å². The van der Waals surface area contributed by atoms with Gasteiger partial charge in [0.2, 0.25) is 0 Å². The van der Waals surface area contributed by atoms with Crippen LogP contribution in [0.4, 0.5) is 5.82 Å². The van der Waals surface area contributed by atoms with Crippen LogP contribution in [0.2, 0.25) is 5.02 Å². The van der Waals surface area contributed by atoms with Gasteiger partial charge in [0, 0.05) is 22.7 Å². The van der Waals surface area contributed by atoms with E-state index in [1.165, 1.54) is 0 Å². The highest BCUT2D eigenvalue weighted by Gasteiger charge is 2.13. The zero-order valence-corrected chi connectivity index (χ0v) is 18.5. The number of hydrogen-bond acceptors (Lipinski definition) is 2. The van der Waals surface area contributed by atoms with Crippen molar-refractivity contribution in [2.24, 2.45) is 4.99 Å². The lowest BCUT2D eigenvalue weighted by atomic mass is 10.0. The van der Waals surface area contributed by atoms with Gasteiger partial charge in [-0.2, -0.15) is 0 Å². The highest BCUT2D eigenvalue weighted by molar-refractivity contribution is 6.30. The van der Waals surface area contributed by atoms with Crippen molar-refractivity contribution in [3.05, 3.63) is 119 Å². The molecule has 32 heavy (non-hydrogen) atoms. The van der Waals surface area contributed by atoms with Gasteiger partial charge in [0.15, 0.2) is 5.82 Å². The Kier molecular flexibility index (Phi) is 5.57. The Hall–Kier alpha value is -3.69. The Labute approximate surface area is 192 Å². The molecule has 3 aromatic carbocycles. The summed E-state index contributed by atoms with van der Waals surface area (Å²) in [5.41, 5.74) is 7.22. The summed E-state index contributed by atoms with van der Waals surface area (Å²) in [6.07, 6.45) is 0. The fraction of sp³-hybridized carbons (Fsp3) is 0.0714. The molecule has 0 aliphatic heterocycles. The number of pyridine rings is 1. The lowest BCUT2D eigenvalue weighted by molar-refractivity contribution is 0.805. The third-order valence-electron chi connectivity index (χ3n) is 5.50. The highest BCUT2D eigenvalue weighted by atomic mass is 35.5. The van der Waals surface area contributed by atoms with Crippen LogP contribution in [-0.2, 0) is 6.54 Å². The highest BCUT2D eigenvalue weighted by Crippen LogP contribution is 2.30. The van der Waals surface area contributed by atoms with Crippen LogP contribution in [0.1, 0.15) is 18.1 Å². The van der Waals surface area contributed by atoms with E-state index in [9.17, 15) is 0 Å². The van der Waals surface area contributed by atoms with Gasteiger partial charge in [-0.05, 0) is 42.8 Å². The van der Waals surface area contributed by atoms with Crippen LogP contribution < -0.4 is 0 Å². The Balaban J connectivity index is 1.65. The van der Waals surface area contributed by atoms with Crippen LogP contribution in [-0.4, -0.2) is 15.3 Å². The maximum atomic E-state index is 6.25. The van der Waals surface area contributed by atoms with Crippen molar-refractivity contribution < 1.29 is 0 Å². The number of fused-ring (bicyclic) bond motifs is 1. The zero-order chi connectivity index (χ0) is 21.9. The molecule has 2 aromatic heterocycles. The van der Waals surface area contributed by atoms with Crippen LogP contribution in [0.25, 0.3) is 22.3 Å². The zero-order valence-electron chi connectivity index (χ0n) is 17.7. The van der Waals surface area contributed by atoms with Crippen molar-refractivity contribution in [3.63, 3.8) is 0 Å². The second-order valence-electron chi connectivity index (χ2n) is 7.55. The molecule has 0 radical (unpaired) electrons. The molecule has 156 valence electrons. The van der Waals surface area contributed by atoms with Crippen LogP contribution in [0.5, 0.6) is 0 Å². The number of hydrogen-bond donors (Lipinski definition) is 0. The second-order valence-corrected chi connectivity index (χ2v) is 7.99. The Morgan fingerprint density at radius 3 is 2.12 bits per heavy atom. The first-order valence-corrected chi connectivity index (χ1v) is 11.1. The summed E-state index contributed by atoms with van der Waals surface area (Å²) < 4.78 is 2.26. The van der Waals surface area contributed by atoms with Gasteiger partial charge >= 0.3 is 0 Å². The third-order valence-corrected chi connectivity index (χ3v) is 5.74. The maximum Gasteiger partial charge on any atom is 0.153 e. The lowest BCUT2D eigenvalue weighted by Crippen LogP contribution is -2.02. The molecule has 0 fully saturated rings. The number of nitrogens with zero attached hydrogens (tertiary/aromatic N) is 3. The van der Waals surface area contributed by atoms with Gasteiger partial charge in [-0.1, -0.05) is 84.4 Å². The van der Waals surface area contributed by atoms with Crippen LogP contribution >= 0.6 is 11.6 Å². The SMILES string of the molecule is CCn1c(-c2cccc(Cl)c2)cc2nc(N=C(c3ccccc3)c3ccccc3)ccc21. The molecule has 0 unspecified atom stereocenters. The van der Waals surface area contributed by atoms with E-state index in [1.807, 2.05) is 60.7 Å². The van der Waals surface area contributed by atoms with Crippen molar-refractivity contribution in [1.82, 2.24) is 9.55 Å². The topological polar surface area (TPSA) is 30.2 Å². The summed E-state index contributed by atoms with van der Waals surface area (Å²) in [5, 5.41) is 0.726. The normalized spacial score (nSPS) is 10.9. The first kappa shape index (κ1) is 20.2. The van der Waals surface area contributed by atoms with Gasteiger partial charge in [-0.3, -0.25) is 0 Å². The molecule has 0 aliphatic rings. The summed E-state index contributed by atoms with van der Waals surface area (Å²) in [6, 6.07) is 34.6. The van der Waals surface area contributed by atoms with Gasteiger partial charge in [-0.15, -0.1) is 0 Å². The number of aryl methyl sites for hydroxylation is 1. The van der Waals surface area contributed by atoms with E-state index in [4.69, 9.17) is 21.6 Å². The van der Waals surface area contributed by atoms with Crippen molar-refractivity contribution in [3.8, 4) is 11.3 Å². The first-order valence-electron chi connectivity index (χ1n) is 10.7. The molecule has 0 N–H and O–H groups in total. The number of aliphatic imine (C=N–C) groups is 1. The van der Waals surface area contributed by atoms with E-state index in [-0.39, 0.29) is 0 Å². The maximum absolute atomic E-state index is 6.25. The lowest BCUT2D eigenvalue weighted by Gasteiger charge is -2.09. The molecule has 4 heteroatoms. The standard InChI is InChI=1S/C28H22ClN3/c1-2-32-25-16-17-27(30-24(25)19-26(32)22-14-9-15-23(29)18-22)31-28(20-10-5-3-6-11-20)21-12-7-4-8-13-21/h3-19H,2H2,1H3. The summed E-state index contributed by atoms with van der Waals surface area (Å²) >= 11 is 6.25. The molecule has 0 bridgehead atoms. The molecule has 0 saturated heterocycles. The third kappa shape index (κ3) is 3.95. The summed E-state index contributed by atoms with van der Waals surface area (Å²) in [4.78, 5) is 9.88. The molecule has 0 atom stereocenters. The predicted octanol–water partition coefficient (Wildman–Crippen LogP) is 7.55. The van der Waals surface area contributed by atoms with Gasteiger partial charge in [0.25, 0.3) is 0 Å². The summed E-state index contributed by atoms with van der Waals surface area (Å²) in [7, 11) is 0. The monoisotopic (exact) mass is 435 g/mol. The van der Waals surface area contributed by atoms with Gasteiger partial charge in [-0.25, -0.2) is 9.98 Å². The Morgan fingerprint density at radius 2 is 1.50 bits per heavy atom. The quantitative estimate of drug-likeness (QED) is 0.262. The van der Waals surface area contributed by atoms with Crippen molar-refractivity contribution >= 4 is 34.2 Å². The van der Waals surface area contributed by atoms with Gasteiger partial charge < -0.3 is 4.57 Å². The Morgan fingerprint density at radius 1 is 0.812 bits per heavy atom. The van der Waals surface area contributed by atoms with Crippen LogP contribution in [0, 0.1) is 0 Å². The Bertz CT molecular complexity index is 1360. The largest absolute Gasteiger partial charge is 0.339 e. The molecule has 0 spiro atoms. The summed E-state index contributed by atoms with van der Waals surface area (Å²) in [6.45, 7) is 2.98. The summed E-state index contributed by atoms with van der Waals surface area (Å²) in [5.74, 6) is 0.686. The van der Waals surface area contributed by atoms with E-state index < -0.39 is 0 Å². The van der Waals surface area contributed by atoms with Gasteiger partial charge in [0.05, 0.1) is 22.4 Å².